The zero-order valence-corrected chi connectivity index (χ0v) is 11.8. The van der Waals surface area contributed by atoms with Crippen molar-refractivity contribution in [2.45, 2.75) is 31.5 Å². The molecule has 1 aliphatic carbocycles. The molecule has 0 spiro atoms. The smallest absolute Gasteiger partial charge is 0.321 e. The third-order valence-corrected chi connectivity index (χ3v) is 3.67. The highest BCUT2D eigenvalue weighted by Gasteiger charge is 2.58. The second-order valence-corrected chi connectivity index (χ2v) is 5.45. The summed E-state index contributed by atoms with van der Waals surface area (Å²) in [5.74, 6) is 4.34. The number of para-hydroxylation sites is 1. The van der Waals surface area contributed by atoms with Gasteiger partial charge in [0.15, 0.2) is 0 Å². The van der Waals surface area contributed by atoms with Crippen LogP contribution < -0.4 is 5.32 Å². The van der Waals surface area contributed by atoms with E-state index in [1.165, 1.54) is 25.1 Å². The third-order valence-electron chi connectivity index (χ3n) is 3.67. The maximum atomic E-state index is 13.9. The molecule has 0 radical (unpaired) electrons. The van der Waals surface area contributed by atoms with E-state index in [1.54, 1.807) is 6.07 Å². The fraction of sp³-hybridized carbons (Fsp3) is 0.375. The van der Waals surface area contributed by atoms with Crippen LogP contribution in [0.1, 0.15) is 25.3 Å². The van der Waals surface area contributed by atoms with E-state index < -0.39 is 17.6 Å². The van der Waals surface area contributed by atoms with Crippen LogP contribution in [0.4, 0.5) is 18.9 Å². The molecular weight excluding hydrogens is 293 g/mol. The van der Waals surface area contributed by atoms with Gasteiger partial charge in [0.2, 0.25) is 5.54 Å². The summed E-state index contributed by atoms with van der Waals surface area (Å²) in [6.45, 7) is 1.26. The number of fused-ring (bicyclic) bond motifs is 1. The number of carbonyl (C=O) groups excluding carboxylic acids is 1. The van der Waals surface area contributed by atoms with E-state index in [0.29, 0.717) is 0 Å². The average molecular weight is 306 g/mol. The standard InChI is InChI=1S/C16H13F3N2O/c1-10-14(22)20-13-5-3-2-4-12(13)15(21-10,16(17,18)19)9-8-11-6-7-11/h2-5,11H,6-7H2,1H3,(H,20,22)/t15-/m0/s1. The fourth-order valence-corrected chi connectivity index (χ4v) is 2.30. The molecular formula is C16H13F3N2O. The first-order valence-corrected chi connectivity index (χ1v) is 6.90. The molecule has 1 aliphatic heterocycles. The Bertz CT molecular complexity index is 723. The second-order valence-electron chi connectivity index (χ2n) is 5.45. The van der Waals surface area contributed by atoms with E-state index >= 15 is 0 Å². The largest absolute Gasteiger partial charge is 0.429 e. The Morgan fingerprint density at radius 3 is 2.64 bits per heavy atom. The van der Waals surface area contributed by atoms with Crippen molar-refractivity contribution in [1.82, 2.24) is 0 Å². The summed E-state index contributed by atoms with van der Waals surface area (Å²) in [5.41, 5.74) is -2.98. The third kappa shape index (κ3) is 2.37. The van der Waals surface area contributed by atoms with E-state index in [1.807, 2.05) is 0 Å². The lowest BCUT2D eigenvalue weighted by Gasteiger charge is -2.28. The molecule has 3 rings (SSSR count). The molecule has 0 unspecified atom stereocenters. The summed E-state index contributed by atoms with van der Waals surface area (Å²) in [6.07, 6.45) is -3.11. The summed E-state index contributed by atoms with van der Waals surface area (Å²) >= 11 is 0. The monoisotopic (exact) mass is 306 g/mol. The number of hydrogen-bond donors (Lipinski definition) is 1. The van der Waals surface area contributed by atoms with Gasteiger partial charge in [0, 0.05) is 17.2 Å². The molecule has 1 N–H and O–H groups in total. The van der Waals surface area contributed by atoms with Gasteiger partial charge < -0.3 is 5.32 Å². The molecule has 1 heterocycles. The van der Waals surface area contributed by atoms with Gasteiger partial charge in [-0.2, -0.15) is 13.2 Å². The number of nitrogens with one attached hydrogen (secondary N) is 1. The SMILES string of the molecule is CC1=N[C@](C#CC2CC2)(C(F)(F)F)c2ccccc2NC1=O. The van der Waals surface area contributed by atoms with Gasteiger partial charge in [-0.3, -0.25) is 9.79 Å². The predicted molar refractivity (Wildman–Crippen MR) is 76.4 cm³/mol. The van der Waals surface area contributed by atoms with E-state index in [-0.39, 0.29) is 22.9 Å². The summed E-state index contributed by atoms with van der Waals surface area (Å²) in [6, 6.07) is 5.79. The topological polar surface area (TPSA) is 41.5 Å². The fourth-order valence-electron chi connectivity index (χ4n) is 2.30. The van der Waals surface area contributed by atoms with Crippen LogP contribution in [0.25, 0.3) is 0 Å². The summed E-state index contributed by atoms with van der Waals surface area (Å²) in [5, 5.41) is 2.46. The Morgan fingerprint density at radius 1 is 1.32 bits per heavy atom. The van der Waals surface area contributed by atoms with Crippen LogP contribution in [-0.2, 0) is 10.3 Å². The molecule has 0 aromatic heterocycles. The number of benzene rings is 1. The number of alkyl halides is 3. The summed E-state index contributed by atoms with van der Waals surface area (Å²) in [7, 11) is 0. The van der Waals surface area contributed by atoms with Gasteiger partial charge in [-0.1, -0.05) is 30.0 Å². The summed E-state index contributed by atoms with van der Waals surface area (Å²) in [4.78, 5) is 15.6. The second kappa shape index (κ2) is 4.87. The van der Waals surface area contributed by atoms with Crippen molar-refractivity contribution in [3.05, 3.63) is 29.8 Å². The van der Waals surface area contributed by atoms with Crippen LogP contribution in [0.2, 0.25) is 0 Å². The van der Waals surface area contributed by atoms with Crippen LogP contribution in [0.5, 0.6) is 0 Å². The van der Waals surface area contributed by atoms with Crippen LogP contribution in [0.3, 0.4) is 0 Å². The van der Waals surface area contributed by atoms with Gasteiger partial charge in [-0.05, 0) is 25.8 Å². The molecule has 2 aliphatic rings. The number of rotatable bonds is 0. The van der Waals surface area contributed by atoms with E-state index in [0.717, 1.165) is 12.8 Å². The Kier molecular flexibility index (Phi) is 3.24. The Hall–Kier alpha value is -2.29. The lowest BCUT2D eigenvalue weighted by molar-refractivity contribution is -0.170. The van der Waals surface area contributed by atoms with Crippen molar-refractivity contribution in [2.75, 3.05) is 5.32 Å². The van der Waals surface area contributed by atoms with Gasteiger partial charge in [-0.25, -0.2) is 0 Å². The lowest BCUT2D eigenvalue weighted by Crippen LogP contribution is -2.40. The number of carbonyl (C=O) groups is 1. The molecule has 1 atom stereocenters. The highest BCUT2D eigenvalue weighted by molar-refractivity contribution is 6.42. The maximum Gasteiger partial charge on any atom is 0.429 e. The van der Waals surface area contributed by atoms with Gasteiger partial charge in [0.1, 0.15) is 0 Å². The van der Waals surface area contributed by atoms with Crippen molar-refractivity contribution in [3.8, 4) is 11.8 Å². The van der Waals surface area contributed by atoms with E-state index in [2.05, 4.69) is 22.2 Å². The van der Waals surface area contributed by atoms with Crippen LogP contribution in [0.15, 0.2) is 29.3 Å². The molecule has 1 amide bonds. The number of anilines is 1. The maximum absolute atomic E-state index is 13.9. The van der Waals surface area contributed by atoms with Gasteiger partial charge in [-0.15, -0.1) is 0 Å². The Morgan fingerprint density at radius 2 is 2.00 bits per heavy atom. The number of amides is 1. The van der Waals surface area contributed by atoms with Gasteiger partial charge >= 0.3 is 6.18 Å². The summed E-state index contributed by atoms with van der Waals surface area (Å²) < 4.78 is 41.6. The van der Waals surface area contributed by atoms with Crippen molar-refractivity contribution in [1.29, 1.82) is 0 Å². The van der Waals surface area contributed by atoms with Crippen molar-refractivity contribution in [3.63, 3.8) is 0 Å². The van der Waals surface area contributed by atoms with Gasteiger partial charge in [0.05, 0.1) is 5.71 Å². The van der Waals surface area contributed by atoms with Crippen LogP contribution in [-0.4, -0.2) is 17.8 Å². The zero-order valence-electron chi connectivity index (χ0n) is 11.8. The molecule has 6 heteroatoms. The Labute approximate surface area is 125 Å². The van der Waals surface area contributed by atoms with E-state index in [9.17, 15) is 18.0 Å². The molecule has 0 bridgehead atoms. The Balaban J connectivity index is 2.29. The normalized spacial score (nSPS) is 24.4. The number of halogens is 3. The highest BCUT2D eigenvalue weighted by Crippen LogP contribution is 2.46. The number of hydrogen-bond acceptors (Lipinski definition) is 2. The molecule has 0 saturated heterocycles. The first-order valence-electron chi connectivity index (χ1n) is 6.90. The quantitative estimate of drug-likeness (QED) is 0.734. The average Bonchev–Trinajstić information content (AvgIpc) is 3.26. The van der Waals surface area contributed by atoms with Crippen molar-refractivity contribution in [2.24, 2.45) is 10.9 Å². The van der Waals surface area contributed by atoms with Crippen molar-refractivity contribution < 1.29 is 18.0 Å². The molecule has 22 heavy (non-hydrogen) atoms. The molecule has 1 saturated carbocycles. The number of nitrogens with zero attached hydrogens (tertiary/aromatic N) is 1. The molecule has 1 fully saturated rings. The predicted octanol–water partition coefficient (Wildman–Crippen LogP) is 3.27. The minimum atomic E-state index is -4.72. The van der Waals surface area contributed by atoms with Crippen LogP contribution >= 0.6 is 0 Å². The molecule has 1 aromatic carbocycles. The molecule has 114 valence electrons. The zero-order chi connectivity index (χ0) is 16.0. The minimum absolute atomic E-state index is 0.00573. The van der Waals surface area contributed by atoms with Gasteiger partial charge in [0.25, 0.3) is 5.91 Å². The molecule has 1 aromatic rings. The minimum Gasteiger partial charge on any atom is -0.321 e. The molecule has 3 nitrogen and oxygen atoms in total. The first kappa shape index (κ1) is 14.6. The van der Waals surface area contributed by atoms with E-state index in [4.69, 9.17) is 0 Å². The number of aliphatic imine (C=N–C) groups is 1. The van der Waals surface area contributed by atoms with Crippen molar-refractivity contribution >= 4 is 17.3 Å². The lowest BCUT2D eigenvalue weighted by atomic mass is 9.88. The first-order chi connectivity index (χ1) is 10.3. The highest BCUT2D eigenvalue weighted by atomic mass is 19.4. The van der Waals surface area contributed by atoms with Crippen LogP contribution in [0, 0.1) is 17.8 Å².